The zero-order chi connectivity index (χ0) is 12.9. The molecule has 0 aromatic carbocycles. The third-order valence-electron chi connectivity index (χ3n) is 1.66. The van der Waals surface area contributed by atoms with Crippen molar-refractivity contribution in [2.75, 3.05) is 46.3 Å². The van der Waals surface area contributed by atoms with Crippen LogP contribution in [-0.4, -0.2) is 62.9 Å². The summed E-state index contributed by atoms with van der Waals surface area (Å²) in [4.78, 5) is 0. The van der Waals surface area contributed by atoms with Crippen molar-refractivity contribution in [3.05, 3.63) is 0 Å². The molecule has 2 atom stereocenters. The lowest BCUT2D eigenvalue weighted by Gasteiger charge is -2.11. The summed E-state index contributed by atoms with van der Waals surface area (Å²) in [5.74, 6) is 6.49. The molecule has 0 aliphatic carbocycles. The number of thioether (sulfide) groups is 3. The summed E-state index contributed by atoms with van der Waals surface area (Å²) < 4.78 is 0. The number of halogens is 3. The highest BCUT2D eigenvalue weighted by molar-refractivity contribution is 8.00. The summed E-state index contributed by atoms with van der Waals surface area (Å²) in [6, 6.07) is 0. The van der Waals surface area contributed by atoms with Gasteiger partial charge in [0.25, 0.3) is 0 Å². The average molecular weight is 358 g/mol. The third-order valence-corrected chi connectivity index (χ3v) is 6.66. The molecule has 0 aliphatic rings. The van der Waals surface area contributed by atoms with Crippen LogP contribution < -0.4 is 0 Å². The first-order valence-electron chi connectivity index (χ1n) is 5.38. The Balaban J connectivity index is 3.29. The summed E-state index contributed by atoms with van der Waals surface area (Å²) in [7, 11) is 0. The number of hydrogen-bond acceptors (Lipinski definition) is 4. The Labute approximate surface area is 132 Å². The summed E-state index contributed by atoms with van der Waals surface area (Å²) in [5.41, 5.74) is 0. The number of alkyl halides is 3. The molecule has 0 saturated heterocycles. The molecule has 0 aromatic heterocycles. The summed E-state index contributed by atoms with van der Waals surface area (Å²) >= 11 is 22.4. The Kier molecular flexibility index (Phi) is 15.9. The highest BCUT2D eigenvalue weighted by atomic mass is 35.5. The molecule has 7 heteroatoms. The minimum atomic E-state index is -0.257. The third kappa shape index (κ3) is 14.1. The molecule has 0 rings (SSSR count). The molecule has 1 N–H and O–H groups in total. The fraction of sp³-hybridized carbons (Fsp3) is 1.00. The van der Waals surface area contributed by atoms with Crippen molar-refractivity contribution in [2.45, 2.75) is 11.5 Å². The van der Waals surface area contributed by atoms with Crippen LogP contribution in [0.5, 0.6) is 0 Å². The van der Waals surface area contributed by atoms with Crippen LogP contribution in [0.1, 0.15) is 0 Å². The maximum absolute atomic E-state index is 9.65. The van der Waals surface area contributed by atoms with Crippen molar-refractivity contribution < 1.29 is 5.11 Å². The summed E-state index contributed by atoms with van der Waals surface area (Å²) in [6.07, 6.45) is -0.257. The van der Waals surface area contributed by atoms with Crippen molar-refractivity contribution in [2.24, 2.45) is 0 Å². The van der Waals surface area contributed by atoms with E-state index in [1.165, 1.54) is 0 Å². The molecule has 0 spiro atoms. The first-order chi connectivity index (χ1) is 8.20. The van der Waals surface area contributed by atoms with Gasteiger partial charge in [0.15, 0.2) is 0 Å². The van der Waals surface area contributed by atoms with Gasteiger partial charge in [-0.15, -0.1) is 34.8 Å². The monoisotopic (exact) mass is 356 g/mol. The second-order valence-corrected chi connectivity index (χ2v) is 8.06. The van der Waals surface area contributed by atoms with Crippen molar-refractivity contribution in [3.63, 3.8) is 0 Å². The van der Waals surface area contributed by atoms with Gasteiger partial charge in [0.05, 0.1) is 11.5 Å². The normalized spacial score (nSPS) is 14.8. The fourth-order valence-corrected chi connectivity index (χ4v) is 4.67. The molecule has 0 amide bonds. The number of aliphatic hydroxyl groups excluding tert-OH is 1. The van der Waals surface area contributed by atoms with Gasteiger partial charge in [-0.25, -0.2) is 0 Å². The molecule has 0 saturated carbocycles. The number of aliphatic hydroxyl groups is 1. The first kappa shape index (κ1) is 18.9. The molecule has 0 aromatic rings. The average Bonchev–Trinajstić information content (AvgIpc) is 2.30. The van der Waals surface area contributed by atoms with Gasteiger partial charge in [-0.3, -0.25) is 0 Å². The second-order valence-electron chi connectivity index (χ2n) is 3.32. The highest BCUT2D eigenvalue weighted by Crippen LogP contribution is 2.16. The Hall–Kier alpha value is 1.88. The van der Waals surface area contributed by atoms with E-state index in [1.54, 1.807) is 35.3 Å². The molecule has 0 heterocycles. The van der Waals surface area contributed by atoms with Crippen LogP contribution in [0.3, 0.4) is 0 Å². The summed E-state index contributed by atoms with van der Waals surface area (Å²) in [5, 5.41) is 9.82. The van der Waals surface area contributed by atoms with E-state index in [0.717, 1.165) is 34.5 Å². The van der Waals surface area contributed by atoms with E-state index < -0.39 is 0 Å². The predicted molar refractivity (Wildman–Crippen MR) is 89.1 cm³/mol. The van der Waals surface area contributed by atoms with Gasteiger partial charge >= 0.3 is 0 Å². The molecular weight excluding hydrogens is 339 g/mol. The predicted octanol–water partition coefficient (Wildman–Crippen LogP) is 3.63. The topological polar surface area (TPSA) is 20.2 Å². The fourth-order valence-electron chi connectivity index (χ4n) is 0.968. The van der Waals surface area contributed by atoms with Gasteiger partial charge in [-0.2, -0.15) is 35.3 Å². The highest BCUT2D eigenvalue weighted by Gasteiger charge is 2.08. The molecule has 2 unspecified atom stereocenters. The Morgan fingerprint density at radius 1 is 0.824 bits per heavy atom. The van der Waals surface area contributed by atoms with Gasteiger partial charge in [-0.1, -0.05) is 0 Å². The van der Waals surface area contributed by atoms with E-state index in [2.05, 4.69) is 0 Å². The lowest BCUT2D eigenvalue weighted by molar-refractivity contribution is 0.225. The number of hydrogen-bond donors (Lipinski definition) is 1. The van der Waals surface area contributed by atoms with Crippen LogP contribution in [-0.2, 0) is 0 Å². The molecular formula is C10H19Cl3OS3. The maximum Gasteiger partial charge on any atom is 0.0720 e. The van der Waals surface area contributed by atoms with E-state index in [1.807, 2.05) is 0 Å². The minimum Gasteiger partial charge on any atom is -0.391 e. The van der Waals surface area contributed by atoms with Crippen LogP contribution >= 0.6 is 70.1 Å². The van der Waals surface area contributed by atoms with E-state index in [0.29, 0.717) is 11.8 Å². The molecule has 0 fully saturated rings. The lowest BCUT2D eigenvalue weighted by Crippen LogP contribution is -2.16. The van der Waals surface area contributed by atoms with Crippen LogP contribution in [0.15, 0.2) is 0 Å². The molecule has 17 heavy (non-hydrogen) atoms. The molecule has 104 valence electrons. The first-order valence-corrected chi connectivity index (χ1v) is 10.3. The van der Waals surface area contributed by atoms with E-state index in [-0.39, 0.29) is 11.5 Å². The summed E-state index contributed by atoms with van der Waals surface area (Å²) in [6.45, 7) is 0. The standard InChI is InChI=1S/C10H19Cl3OS3/c11-1-3-15-5-9(13)6-17-8-10(14)7-16-4-2-12/h9-10,14H,1-8H2. The Morgan fingerprint density at radius 2 is 1.29 bits per heavy atom. The quantitative estimate of drug-likeness (QED) is 0.425. The zero-order valence-corrected chi connectivity index (χ0v) is 14.3. The van der Waals surface area contributed by atoms with Crippen molar-refractivity contribution in [1.82, 2.24) is 0 Å². The minimum absolute atomic E-state index is 0.163. The second kappa shape index (κ2) is 14.3. The smallest absolute Gasteiger partial charge is 0.0720 e. The van der Waals surface area contributed by atoms with E-state index in [4.69, 9.17) is 34.8 Å². The van der Waals surface area contributed by atoms with E-state index in [9.17, 15) is 5.11 Å². The van der Waals surface area contributed by atoms with Gasteiger partial charge in [0.1, 0.15) is 0 Å². The Morgan fingerprint density at radius 3 is 1.88 bits per heavy atom. The lowest BCUT2D eigenvalue weighted by atomic mass is 10.5. The van der Waals surface area contributed by atoms with Crippen molar-refractivity contribution in [1.29, 1.82) is 0 Å². The van der Waals surface area contributed by atoms with Crippen LogP contribution in [0, 0.1) is 0 Å². The van der Waals surface area contributed by atoms with Crippen LogP contribution in [0.2, 0.25) is 0 Å². The molecule has 0 aliphatic heterocycles. The number of rotatable bonds is 12. The SMILES string of the molecule is OC(CSCCCl)CSCC(Cl)CSCCCl. The van der Waals surface area contributed by atoms with Gasteiger partial charge in [0.2, 0.25) is 0 Å². The molecule has 1 nitrogen and oxygen atoms in total. The van der Waals surface area contributed by atoms with Gasteiger partial charge in [-0.05, 0) is 0 Å². The van der Waals surface area contributed by atoms with Gasteiger partial charge < -0.3 is 5.11 Å². The Bertz CT molecular complexity index is 150. The molecule has 0 bridgehead atoms. The van der Waals surface area contributed by atoms with Crippen molar-refractivity contribution in [3.8, 4) is 0 Å². The zero-order valence-electron chi connectivity index (χ0n) is 9.62. The van der Waals surface area contributed by atoms with E-state index >= 15 is 0 Å². The molecule has 0 radical (unpaired) electrons. The van der Waals surface area contributed by atoms with Crippen molar-refractivity contribution >= 4 is 70.1 Å². The van der Waals surface area contributed by atoms with Crippen LogP contribution in [0.4, 0.5) is 0 Å². The van der Waals surface area contributed by atoms with Gasteiger partial charge in [0, 0.05) is 46.3 Å². The largest absolute Gasteiger partial charge is 0.391 e. The maximum atomic E-state index is 9.65. The van der Waals surface area contributed by atoms with Crippen LogP contribution in [0.25, 0.3) is 0 Å².